The number of rotatable bonds is 8. The second kappa shape index (κ2) is 9.44. The van der Waals surface area contributed by atoms with Gasteiger partial charge in [-0.1, -0.05) is 0 Å². The molecule has 1 amide bonds. The summed E-state index contributed by atoms with van der Waals surface area (Å²) in [6.07, 6.45) is 1.12. The van der Waals surface area contributed by atoms with E-state index in [-0.39, 0.29) is 12.5 Å². The molecule has 0 heterocycles. The van der Waals surface area contributed by atoms with Crippen molar-refractivity contribution in [3.8, 4) is 6.07 Å². The van der Waals surface area contributed by atoms with Crippen LogP contribution >= 0.6 is 0 Å². The Morgan fingerprint density at radius 3 is 2.80 bits per heavy atom. The van der Waals surface area contributed by atoms with Gasteiger partial charge in [0.05, 0.1) is 19.1 Å². The molecule has 0 fully saturated rings. The molecule has 0 saturated carbocycles. The number of carbonyl (C=O) groups is 1. The highest BCUT2D eigenvalue weighted by Crippen LogP contribution is 1.99. The van der Waals surface area contributed by atoms with E-state index in [4.69, 9.17) is 15.1 Å². The molecule has 5 nitrogen and oxygen atoms in total. The van der Waals surface area contributed by atoms with Crippen LogP contribution in [0.2, 0.25) is 0 Å². The SMILES string of the molecule is COCCN(CCC#N)C(=O)CCCO. The van der Waals surface area contributed by atoms with Crippen LogP contribution in [-0.4, -0.2) is 49.3 Å². The van der Waals surface area contributed by atoms with E-state index in [1.807, 2.05) is 6.07 Å². The van der Waals surface area contributed by atoms with Crippen LogP contribution in [0.25, 0.3) is 0 Å². The quantitative estimate of drug-likeness (QED) is 0.624. The summed E-state index contributed by atoms with van der Waals surface area (Å²) in [4.78, 5) is 13.2. The van der Waals surface area contributed by atoms with Gasteiger partial charge >= 0.3 is 0 Å². The third-order valence-electron chi connectivity index (χ3n) is 1.96. The molecule has 0 aromatic heterocycles. The Bertz CT molecular complexity index is 213. The lowest BCUT2D eigenvalue weighted by Gasteiger charge is -2.20. The van der Waals surface area contributed by atoms with Crippen molar-refractivity contribution in [2.24, 2.45) is 0 Å². The van der Waals surface area contributed by atoms with Crippen molar-refractivity contribution in [2.75, 3.05) is 33.4 Å². The smallest absolute Gasteiger partial charge is 0.222 e. The van der Waals surface area contributed by atoms with Crippen molar-refractivity contribution in [1.82, 2.24) is 4.90 Å². The Labute approximate surface area is 90.2 Å². The van der Waals surface area contributed by atoms with Gasteiger partial charge in [0, 0.05) is 33.2 Å². The lowest BCUT2D eigenvalue weighted by Crippen LogP contribution is -2.34. The number of nitriles is 1. The Morgan fingerprint density at radius 2 is 2.27 bits per heavy atom. The zero-order valence-electron chi connectivity index (χ0n) is 9.11. The maximum atomic E-state index is 11.6. The molecule has 86 valence electrons. The second-order valence-electron chi connectivity index (χ2n) is 3.11. The molecule has 0 bridgehead atoms. The van der Waals surface area contributed by atoms with Crippen LogP contribution in [0.4, 0.5) is 0 Å². The first-order valence-electron chi connectivity index (χ1n) is 5.00. The number of aliphatic hydroxyl groups is 1. The van der Waals surface area contributed by atoms with Crippen molar-refractivity contribution < 1.29 is 14.6 Å². The first-order chi connectivity index (χ1) is 7.26. The predicted molar refractivity (Wildman–Crippen MR) is 55.0 cm³/mol. The predicted octanol–water partition coefficient (Wildman–Crippen LogP) is 0.148. The number of amides is 1. The number of ether oxygens (including phenoxy) is 1. The Hall–Kier alpha value is -1.12. The average Bonchev–Trinajstić information content (AvgIpc) is 2.26. The molecule has 0 aliphatic carbocycles. The molecule has 0 spiro atoms. The van der Waals surface area contributed by atoms with Crippen LogP contribution in [0.15, 0.2) is 0 Å². The largest absolute Gasteiger partial charge is 0.396 e. The highest BCUT2D eigenvalue weighted by atomic mass is 16.5. The molecule has 0 saturated heterocycles. The summed E-state index contributed by atoms with van der Waals surface area (Å²) < 4.78 is 4.88. The van der Waals surface area contributed by atoms with Gasteiger partial charge in [-0.15, -0.1) is 0 Å². The summed E-state index contributed by atoms with van der Waals surface area (Å²) >= 11 is 0. The van der Waals surface area contributed by atoms with Gasteiger partial charge in [0.15, 0.2) is 0 Å². The molecule has 0 aromatic carbocycles. The molecular weight excluding hydrogens is 196 g/mol. The number of hydrogen-bond donors (Lipinski definition) is 1. The third kappa shape index (κ3) is 6.89. The van der Waals surface area contributed by atoms with Gasteiger partial charge in [0.25, 0.3) is 0 Å². The van der Waals surface area contributed by atoms with E-state index in [9.17, 15) is 4.79 Å². The zero-order valence-corrected chi connectivity index (χ0v) is 9.11. The highest BCUT2D eigenvalue weighted by molar-refractivity contribution is 5.76. The first kappa shape index (κ1) is 13.9. The minimum Gasteiger partial charge on any atom is -0.396 e. The van der Waals surface area contributed by atoms with Gasteiger partial charge in [-0.25, -0.2) is 0 Å². The molecule has 0 unspecified atom stereocenters. The van der Waals surface area contributed by atoms with Crippen LogP contribution in [0, 0.1) is 11.3 Å². The molecule has 15 heavy (non-hydrogen) atoms. The lowest BCUT2D eigenvalue weighted by atomic mass is 10.2. The van der Waals surface area contributed by atoms with E-state index >= 15 is 0 Å². The molecule has 0 rings (SSSR count). The van der Waals surface area contributed by atoms with Crippen LogP contribution in [0.3, 0.4) is 0 Å². The van der Waals surface area contributed by atoms with Crippen molar-refractivity contribution in [3.05, 3.63) is 0 Å². The second-order valence-corrected chi connectivity index (χ2v) is 3.11. The standard InChI is InChI=1S/C10H18N2O3/c1-15-9-7-12(6-3-5-11)10(14)4-2-8-13/h13H,2-4,6-9H2,1H3. The van der Waals surface area contributed by atoms with Gasteiger partial charge in [-0.3, -0.25) is 4.79 Å². The molecule has 0 aromatic rings. The molecular formula is C10H18N2O3. The van der Waals surface area contributed by atoms with E-state index in [0.29, 0.717) is 39.0 Å². The first-order valence-corrected chi connectivity index (χ1v) is 5.00. The van der Waals surface area contributed by atoms with Crippen LogP contribution in [0.1, 0.15) is 19.3 Å². The maximum absolute atomic E-state index is 11.6. The topological polar surface area (TPSA) is 73.6 Å². The Balaban J connectivity index is 3.97. The number of hydrogen-bond acceptors (Lipinski definition) is 4. The average molecular weight is 214 g/mol. The van der Waals surface area contributed by atoms with Crippen molar-refractivity contribution >= 4 is 5.91 Å². The molecule has 0 aliphatic rings. The molecule has 0 aliphatic heterocycles. The van der Waals surface area contributed by atoms with Gasteiger partial charge in [-0.2, -0.15) is 5.26 Å². The van der Waals surface area contributed by atoms with E-state index < -0.39 is 0 Å². The molecule has 0 radical (unpaired) electrons. The zero-order chi connectivity index (χ0) is 11.5. The van der Waals surface area contributed by atoms with E-state index in [2.05, 4.69) is 0 Å². The highest BCUT2D eigenvalue weighted by Gasteiger charge is 2.11. The normalized spacial score (nSPS) is 9.67. The fourth-order valence-corrected chi connectivity index (χ4v) is 1.14. The van der Waals surface area contributed by atoms with E-state index in [0.717, 1.165) is 0 Å². The van der Waals surface area contributed by atoms with Crippen molar-refractivity contribution in [3.63, 3.8) is 0 Å². The summed E-state index contributed by atoms with van der Waals surface area (Å²) in [7, 11) is 1.57. The molecule has 1 N–H and O–H groups in total. The number of carbonyl (C=O) groups excluding carboxylic acids is 1. The molecule has 5 heteroatoms. The van der Waals surface area contributed by atoms with Gasteiger partial charge in [-0.05, 0) is 6.42 Å². The monoisotopic (exact) mass is 214 g/mol. The third-order valence-corrected chi connectivity index (χ3v) is 1.96. The van der Waals surface area contributed by atoms with Gasteiger partial charge in [0.2, 0.25) is 5.91 Å². The van der Waals surface area contributed by atoms with Crippen LogP contribution in [-0.2, 0) is 9.53 Å². The van der Waals surface area contributed by atoms with Gasteiger partial charge in [0.1, 0.15) is 0 Å². The number of aliphatic hydroxyl groups excluding tert-OH is 1. The minimum atomic E-state index is -0.0312. The minimum absolute atomic E-state index is 0.0160. The summed E-state index contributed by atoms with van der Waals surface area (Å²) in [5.74, 6) is -0.0312. The molecule has 0 atom stereocenters. The fourth-order valence-electron chi connectivity index (χ4n) is 1.14. The lowest BCUT2D eigenvalue weighted by molar-refractivity contribution is -0.132. The Morgan fingerprint density at radius 1 is 1.53 bits per heavy atom. The summed E-state index contributed by atoms with van der Waals surface area (Å²) in [5.41, 5.74) is 0. The Kier molecular flexibility index (Phi) is 8.73. The summed E-state index contributed by atoms with van der Waals surface area (Å²) in [5, 5.41) is 17.0. The van der Waals surface area contributed by atoms with Crippen molar-refractivity contribution in [2.45, 2.75) is 19.3 Å². The summed E-state index contributed by atoms with van der Waals surface area (Å²) in [6.45, 7) is 1.42. The maximum Gasteiger partial charge on any atom is 0.222 e. The van der Waals surface area contributed by atoms with E-state index in [1.54, 1.807) is 12.0 Å². The number of nitrogens with zero attached hydrogens (tertiary/aromatic N) is 2. The summed E-state index contributed by atoms with van der Waals surface area (Å²) in [6, 6.07) is 2.00. The van der Waals surface area contributed by atoms with Crippen molar-refractivity contribution in [1.29, 1.82) is 5.26 Å². The number of methoxy groups -OCH3 is 1. The van der Waals surface area contributed by atoms with Gasteiger partial charge < -0.3 is 14.7 Å². The van der Waals surface area contributed by atoms with Crippen LogP contribution in [0.5, 0.6) is 0 Å². The fraction of sp³-hybridized carbons (Fsp3) is 0.800. The van der Waals surface area contributed by atoms with Crippen LogP contribution < -0.4 is 0 Å². The van der Waals surface area contributed by atoms with E-state index in [1.165, 1.54) is 0 Å².